The number of primary sulfonamides is 1. The number of hydrogen-bond donors (Lipinski definition) is 2. The third kappa shape index (κ3) is 2.62. The summed E-state index contributed by atoms with van der Waals surface area (Å²) < 4.78 is 46.5. The van der Waals surface area contributed by atoms with E-state index in [1.54, 1.807) is 0 Å². The van der Waals surface area contributed by atoms with Gasteiger partial charge in [0.2, 0.25) is 5.75 Å². The molecule has 0 aliphatic rings. The Balaban J connectivity index is 3.65. The van der Waals surface area contributed by atoms with Crippen LogP contribution in [0.2, 0.25) is 0 Å². The van der Waals surface area contributed by atoms with Crippen LogP contribution >= 0.6 is 0 Å². The molecule has 0 aromatic carbocycles. The van der Waals surface area contributed by atoms with Crippen molar-refractivity contribution in [2.24, 2.45) is 5.14 Å². The summed E-state index contributed by atoms with van der Waals surface area (Å²) in [5.41, 5.74) is -1.23. The molecule has 1 aromatic heterocycles. The zero-order valence-corrected chi connectivity index (χ0v) is 8.69. The highest BCUT2D eigenvalue weighted by Gasteiger charge is 2.30. The molecule has 0 saturated carbocycles. The second kappa shape index (κ2) is 4.18. The van der Waals surface area contributed by atoms with Crippen LogP contribution in [0.5, 0.6) is 5.75 Å². The number of aromatic nitrogens is 1. The third-order valence-corrected chi connectivity index (χ3v) is 2.47. The fourth-order valence-corrected chi connectivity index (χ4v) is 1.46. The highest BCUT2D eigenvalue weighted by atomic mass is 32.2. The number of aromatic hydroxyl groups is 1. The van der Waals surface area contributed by atoms with Crippen molar-refractivity contribution in [2.75, 3.05) is 0 Å². The molecular weight excluding hydrogens is 264 g/mol. The lowest BCUT2D eigenvalue weighted by Crippen LogP contribution is -2.15. The maximum Gasteiger partial charge on any atom is 0.407 e. The van der Waals surface area contributed by atoms with Gasteiger partial charge in [-0.05, 0) is 9.91 Å². The Labute approximate surface area is 92.9 Å². The zero-order chi connectivity index (χ0) is 13.4. The molecule has 17 heavy (non-hydrogen) atoms. The van der Waals surface area contributed by atoms with Gasteiger partial charge in [-0.15, -0.1) is 0 Å². The zero-order valence-electron chi connectivity index (χ0n) is 7.87. The monoisotopic (exact) mass is 269 g/mol. The normalized spacial score (nSPS) is 11.8. The maximum atomic E-state index is 12.4. The lowest BCUT2D eigenvalue weighted by Gasteiger charge is -2.04. The standard InChI is InChI=1S/C6H5F2N3O5S/c7-5(8)2-1-3(17(9,15)16)10-6(4(2)12)11(13)14/h1,5,12H,(H2,9,15,16). The molecule has 0 amide bonds. The molecule has 0 aliphatic carbocycles. The van der Waals surface area contributed by atoms with Crippen molar-refractivity contribution in [2.45, 2.75) is 11.5 Å². The number of hydrogen-bond acceptors (Lipinski definition) is 6. The van der Waals surface area contributed by atoms with Gasteiger partial charge in [0.15, 0.2) is 0 Å². The SMILES string of the molecule is NS(=O)(=O)c1cc(C(F)F)c(O)c([N+](=O)[O-])n1. The van der Waals surface area contributed by atoms with Gasteiger partial charge in [0.25, 0.3) is 21.5 Å². The molecule has 0 radical (unpaired) electrons. The maximum absolute atomic E-state index is 12.4. The number of pyridine rings is 1. The second-order valence-electron chi connectivity index (χ2n) is 2.82. The second-order valence-corrected chi connectivity index (χ2v) is 4.33. The van der Waals surface area contributed by atoms with E-state index in [1.165, 1.54) is 0 Å². The Kier molecular flexibility index (Phi) is 3.24. The van der Waals surface area contributed by atoms with Gasteiger partial charge in [0.1, 0.15) is 0 Å². The van der Waals surface area contributed by atoms with Crippen molar-refractivity contribution in [1.29, 1.82) is 0 Å². The summed E-state index contributed by atoms with van der Waals surface area (Å²) >= 11 is 0. The van der Waals surface area contributed by atoms with E-state index in [2.05, 4.69) is 10.1 Å². The summed E-state index contributed by atoms with van der Waals surface area (Å²) in [5, 5.41) is 23.0. The molecule has 0 saturated heterocycles. The number of halogens is 2. The van der Waals surface area contributed by atoms with Crippen LogP contribution in [-0.4, -0.2) is 23.4 Å². The Morgan fingerprint density at radius 2 is 2.06 bits per heavy atom. The number of alkyl halides is 2. The molecule has 8 nitrogen and oxygen atoms in total. The van der Waals surface area contributed by atoms with Crippen molar-refractivity contribution in [3.8, 4) is 5.75 Å². The predicted octanol–water partition coefficient (Wildman–Crippen LogP) is 0.280. The number of rotatable bonds is 3. The van der Waals surface area contributed by atoms with Crippen LogP contribution in [0.15, 0.2) is 11.1 Å². The molecule has 0 spiro atoms. The summed E-state index contributed by atoms with van der Waals surface area (Å²) in [4.78, 5) is 12.0. The number of nitro groups is 1. The highest BCUT2D eigenvalue weighted by molar-refractivity contribution is 7.89. The van der Waals surface area contributed by atoms with E-state index < -0.39 is 43.5 Å². The molecule has 0 fully saturated rings. The summed E-state index contributed by atoms with van der Waals surface area (Å²) in [7, 11) is -4.49. The molecular formula is C6H5F2N3O5S. The van der Waals surface area contributed by atoms with Crippen LogP contribution in [0.4, 0.5) is 14.6 Å². The van der Waals surface area contributed by atoms with Gasteiger partial charge < -0.3 is 15.2 Å². The van der Waals surface area contributed by atoms with E-state index in [-0.39, 0.29) is 6.07 Å². The molecule has 0 aliphatic heterocycles. The molecule has 0 unspecified atom stereocenters. The van der Waals surface area contributed by atoms with Gasteiger partial charge in [0.05, 0.1) is 5.56 Å². The molecule has 1 heterocycles. The molecule has 0 atom stereocenters. The van der Waals surface area contributed by atoms with Crippen molar-refractivity contribution in [1.82, 2.24) is 4.98 Å². The first-order valence-electron chi connectivity index (χ1n) is 3.84. The summed E-state index contributed by atoms with van der Waals surface area (Å²) in [6.45, 7) is 0. The number of nitrogens with zero attached hydrogens (tertiary/aromatic N) is 2. The van der Waals surface area contributed by atoms with E-state index >= 15 is 0 Å². The van der Waals surface area contributed by atoms with Crippen LogP contribution < -0.4 is 5.14 Å². The van der Waals surface area contributed by atoms with Gasteiger partial charge in [-0.25, -0.2) is 22.3 Å². The molecule has 1 aromatic rings. The van der Waals surface area contributed by atoms with Crippen molar-refractivity contribution >= 4 is 15.8 Å². The van der Waals surface area contributed by atoms with Crippen LogP contribution in [-0.2, 0) is 10.0 Å². The lowest BCUT2D eigenvalue weighted by molar-refractivity contribution is -0.391. The topological polar surface area (TPSA) is 136 Å². The van der Waals surface area contributed by atoms with E-state index in [1.807, 2.05) is 0 Å². The fraction of sp³-hybridized carbons (Fsp3) is 0.167. The van der Waals surface area contributed by atoms with Crippen molar-refractivity contribution < 1.29 is 27.2 Å². The van der Waals surface area contributed by atoms with Crippen molar-refractivity contribution in [3.63, 3.8) is 0 Å². The van der Waals surface area contributed by atoms with Gasteiger partial charge >= 0.3 is 5.82 Å². The summed E-state index contributed by atoms with van der Waals surface area (Å²) in [6.07, 6.45) is -3.31. The van der Waals surface area contributed by atoms with E-state index in [0.29, 0.717) is 0 Å². The van der Waals surface area contributed by atoms with Crippen molar-refractivity contribution in [3.05, 3.63) is 21.7 Å². The van der Waals surface area contributed by atoms with Gasteiger partial charge in [-0.1, -0.05) is 0 Å². The minimum atomic E-state index is -4.49. The van der Waals surface area contributed by atoms with Crippen LogP contribution in [0.25, 0.3) is 0 Å². The molecule has 3 N–H and O–H groups in total. The van der Waals surface area contributed by atoms with E-state index in [4.69, 9.17) is 5.11 Å². The van der Waals surface area contributed by atoms with Gasteiger partial charge in [-0.3, -0.25) is 0 Å². The highest BCUT2D eigenvalue weighted by Crippen LogP contribution is 2.35. The molecule has 0 bridgehead atoms. The number of sulfonamides is 1. The predicted molar refractivity (Wildman–Crippen MR) is 48.9 cm³/mol. The first kappa shape index (κ1) is 13.2. The lowest BCUT2D eigenvalue weighted by atomic mass is 10.2. The Hall–Kier alpha value is -1.88. The van der Waals surface area contributed by atoms with Crippen LogP contribution in [0, 0.1) is 10.1 Å². The first-order chi connectivity index (χ1) is 7.64. The third-order valence-electron chi connectivity index (χ3n) is 1.68. The van der Waals surface area contributed by atoms with Crippen LogP contribution in [0.3, 0.4) is 0 Å². The van der Waals surface area contributed by atoms with Gasteiger partial charge in [-0.2, -0.15) is 0 Å². The largest absolute Gasteiger partial charge is 0.501 e. The Morgan fingerprint density at radius 3 is 2.41 bits per heavy atom. The van der Waals surface area contributed by atoms with Crippen LogP contribution in [0.1, 0.15) is 12.0 Å². The molecule has 11 heteroatoms. The fourth-order valence-electron chi connectivity index (χ4n) is 0.959. The quantitative estimate of drug-likeness (QED) is 0.597. The average molecular weight is 269 g/mol. The van der Waals surface area contributed by atoms with E-state index in [0.717, 1.165) is 0 Å². The Bertz CT molecular complexity index is 573. The minimum absolute atomic E-state index is 0.280. The average Bonchev–Trinajstić information content (AvgIpc) is 2.14. The Morgan fingerprint density at radius 1 is 1.53 bits per heavy atom. The number of nitrogens with two attached hydrogens (primary N) is 1. The first-order valence-corrected chi connectivity index (χ1v) is 5.38. The van der Waals surface area contributed by atoms with Gasteiger partial charge in [0, 0.05) is 6.07 Å². The molecule has 1 rings (SSSR count). The smallest absolute Gasteiger partial charge is 0.407 e. The minimum Gasteiger partial charge on any atom is -0.501 e. The summed E-state index contributed by atoms with van der Waals surface area (Å²) in [5.74, 6) is -2.79. The van der Waals surface area contributed by atoms with E-state index in [9.17, 15) is 27.3 Å². The summed E-state index contributed by atoms with van der Waals surface area (Å²) in [6, 6.07) is 0.280. The molecule has 94 valence electrons.